The molecule has 4 aliphatic heterocycles. The maximum absolute atomic E-state index is 16.1. The van der Waals surface area contributed by atoms with Crippen LogP contribution >= 0.6 is 11.6 Å². The molecular formula is C37H53ClF2N6O3Si. The van der Waals surface area contributed by atoms with E-state index < -0.39 is 31.2 Å². The minimum Gasteiger partial charge on any atom is -0.461 e. The molecule has 2 aromatic heterocycles. The third-order valence-electron chi connectivity index (χ3n) is 11.6. The molecule has 9 nitrogen and oxygen atoms in total. The second-order valence-electron chi connectivity index (χ2n) is 16.8. The van der Waals surface area contributed by atoms with Crippen molar-refractivity contribution in [3.8, 4) is 17.5 Å². The fourth-order valence-electron chi connectivity index (χ4n) is 9.43. The summed E-state index contributed by atoms with van der Waals surface area (Å²) in [7, 11) is -2.21. The van der Waals surface area contributed by atoms with Crippen LogP contribution in [0.3, 0.4) is 0 Å². The number of alkyl halides is 1. The van der Waals surface area contributed by atoms with Crippen LogP contribution < -0.4 is 9.64 Å². The van der Waals surface area contributed by atoms with Gasteiger partial charge in [-0.15, -0.1) is 5.54 Å². The van der Waals surface area contributed by atoms with Gasteiger partial charge in [-0.3, -0.25) is 9.80 Å². The second-order valence-corrected chi connectivity index (χ2v) is 22.7. The zero-order valence-corrected chi connectivity index (χ0v) is 32.8. The first kappa shape index (κ1) is 37.0. The molecule has 4 saturated heterocycles. The fraction of sp³-hybridized carbons (Fsp3) is 0.730. The molecule has 4 atom stereocenters. The highest BCUT2D eigenvalue weighted by molar-refractivity contribution is 6.90. The van der Waals surface area contributed by atoms with Gasteiger partial charge in [0.05, 0.1) is 23.0 Å². The van der Waals surface area contributed by atoms with Crippen molar-refractivity contribution in [3.05, 3.63) is 16.7 Å². The van der Waals surface area contributed by atoms with E-state index >= 15 is 4.39 Å². The molecule has 0 saturated carbocycles. The van der Waals surface area contributed by atoms with Crippen molar-refractivity contribution in [1.82, 2.24) is 24.8 Å². The van der Waals surface area contributed by atoms with Gasteiger partial charge in [-0.25, -0.2) is 18.6 Å². The summed E-state index contributed by atoms with van der Waals surface area (Å²) in [5.74, 6) is 3.11. The monoisotopic (exact) mass is 730 g/mol. The van der Waals surface area contributed by atoms with E-state index in [9.17, 15) is 9.18 Å². The van der Waals surface area contributed by atoms with Gasteiger partial charge in [-0.05, 0) is 69.6 Å². The van der Waals surface area contributed by atoms with E-state index in [4.69, 9.17) is 26.1 Å². The van der Waals surface area contributed by atoms with Crippen LogP contribution in [0.4, 0.5) is 19.4 Å². The Morgan fingerprint density at radius 3 is 2.28 bits per heavy atom. The summed E-state index contributed by atoms with van der Waals surface area (Å²) >= 11 is 6.49. The van der Waals surface area contributed by atoms with Gasteiger partial charge < -0.3 is 14.4 Å². The molecule has 0 N–H and O–H groups in total. The van der Waals surface area contributed by atoms with Gasteiger partial charge in [-0.2, -0.15) is 9.97 Å². The van der Waals surface area contributed by atoms with Crippen LogP contribution in [0.2, 0.25) is 21.8 Å². The predicted molar refractivity (Wildman–Crippen MR) is 196 cm³/mol. The van der Waals surface area contributed by atoms with E-state index in [0.717, 1.165) is 32.2 Å². The highest BCUT2D eigenvalue weighted by atomic mass is 35.5. The van der Waals surface area contributed by atoms with Gasteiger partial charge in [-0.1, -0.05) is 59.1 Å². The molecule has 2 aromatic rings. The van der Waals surface area contributed by atoms with Gasteiger partial charge in [0, 0.05) is 26.1 Å². The molecule has 6 rings (SSSR count). The largest absolute Gasteiger partial charge is 0.461 e. The topological polar surface area (TPSA) is 83.9 Å². The predicted octanol–water partition coefficient (Wildman–Crippen LogP) is 7.93. The first-order valence-corrected chi connectivity index (χ1v) is 20.9. The molecule has 4 aliphatic rings. The zero-order valence-electron chi connectivity index (χ0n) is 31.1. The molecule has 2 unspecified atom stereocenters. The summed E-state index contributed by atoms with van der Waals surface area (Å²) < 4.78 is 42.8. The lowest BCUT2D eigenvalue weighted by Gasteiger charge is -2.42. The highest BCUT2D eigenvalue weighted by Gasteiger charge is 2.50. The average Bonchev–Trinajstić information content (AvgIpc) is 3.63. The van der Waals surface area contributed by atoms with Crippen molar-refractivity contribution in [2.45, 2.75) is 140 Å². The number of fused-ring (bicyclic) bond motifs is 4. The Morgan fingerprint density at radius 1 is 1.04 bits per heavy atom. The van der Waals surface area contributed by atoms with E-state index in [2.05, 4.69) is 72.8 Å². The zero-order chi connectivity index (χ0) is 36.3. The number of nitrogens with zero attached hydrogens (tertiary/aromatic N) is 6. The molecule has 0 radical (unpaired) electrons. The number of ether oxygens (including phenoxy) is 2. The Morgan fingerprint density at radius 2 is 1.68 bits per heavy atom. The SMILES string of the molecule is CC(C)[Si](C#Cc1nc(Cl)c(F)c2nc(OC[C@]34CCCN3C[C@H](F)C4)nc(N3CC4CCC(C3)N4C(=O)OC(C)(C)C)c12)(C(C)C)C(C)C. The molecular weight excluding hydrogens is 678 g/mol. The van der Waals surface area contributed by atoms with Crippen LogP contribution in [0.1, 0.15) is 100 Å². The normalized spacial score (nSPS) is 25.5. The quantitative estimate of drug-likeness (QED) is 0.161. The maximum Gasteiger partial charge on any atom is 0.410 e. The molecule has 0 spiro atoms. The number of aromatic nitrogens is 3. The molecule has 4 fully saturated rings. The molecule has 6 heterocycles. The summed E-state index contributed by atoms with van der Waals surface area (Å²) in [6.07, 6.45) is 2.56. The molecule has 274 valence electrons. The van der Waals surface area contributed by atoms with E-state index in [1.54, 1.807) is 0 Å². The van der Waals surface area contributed by atoms with Crippen LogP contribution in [0.5, 0.6) is 6.01 Å². The van der Waals surface area contributed by atoms with Crippen molar-refractivity contribution in [1.29, 1.82) is 0 Å². The van der Waals surface area contributed by atoms with Gasteiger partial charge >= 0.3 is 12.1 Å². The Balaban J connectivity index is 1.46. The number of carbonyl (C=O) groups is 1. The minimum atomic E-state index is -2.21. The molecule has 50 heavy (non-hydrogen) atoms. The number of anilines is 1. The average molecular weight is 731 g/mol. The molecule has 2 bridgehead atoms. The number of carbonyl (C=O) groups excluding carboxylic acids is 1. The lowest BCUT2D eigenvalue weighted by Crippen LogP contribution is -2.57. The van der Waals surface area contributed by atoms with Crippen LogP contribution in [-0.4, -0.2) is 101 Å². The smallest absolute Gasteiger partial charge is 0.410 e. The molecule has 0 aromatic carbocycles. The van der Waals surface area contributed by atoms with Crippen LogP contribution in [0.15, 0.2) is 0 Å². The number of hydrogen-bond donors (Lipinski definition) is 0. The van der Waals surface area contributed by atoms with Gasteiger partial charge in [0.1, 0.15) is 43.5 Å². The summed E-state index contributed by atoms with van der Waals surface area (Å²) in [6, 6.07) is -0.230. The van der Waals surface area contributed by atoms with Gasteiger partial charge in [0.25, 0.3) is 0 Å². The summed E-state index contributed by atoms with van der Waals surface area (Å²) in [5, 5.41) is 0.0797. The summed E-state index contributed by atoms with van der Waals surface area (Å²) in [4.78, 5) is 33.5. The minimum absolute atomic E-state index is 0.00213. The number of piperazine rings is 1. The number of amides is 1. The van der Waals surface area contributed by atoms with E-state index in [0.29, 0.717) is 59.6 Å². The van der Waals surface area contributed by atoms with E-state index in [1.807, 2.05) is 25.7 Å². The van der Waals surface area contributed by atoms with Crippen molar-refractivity contribution < 1.29 is 23.0 Å². The third-order valence-corrected chi connectivity index (χ3v) is 18.1. The number of rotatable bonds is 7. The van der Waals surface area contributed by atoms with E-state index in [-0.39, 0.29) is 41.5 Å². The lowest BCUT2D eigenvalue weighted by atomic mass is 9.95. The standard InChI is InChI=1S/C37H53ClF2N6O3Si/c1-22(2)50(23(3)4,24(5)6)16-13-28-29-31(30(40)32(38)41-28)42-34(48-21-37-14-10-15-45(37)18-25(39)17-37)43-33(29)44-19-26-11-12-27(20-44)46(26)35(47)49-36(7,8)9/h22-27H,10-12,14-15,17-21H2,1-9H3/t25-,26?,27?,37-/m1/s1. The first-order chi connectivity index (χ1) is 23.5. The third kappa shape index (κ3) is 6.67. The number of hydrogen-bond acceptors (Lipinski definition) is 8. The Bertz CT molecular complexity index is 1660. The van der Waals surface area contributed by atoms with Crippen LogP contribution in [0.25, 0.3) is 10.9 Å². The van der Waals surface area contributed by atoms with Crippen molar-refractivity contribution in [2.24, 2.45) is 0 Å². The first-order valence-electron chi connectivity index (χ1n) is 18.3. The lowest BCUT2D eigenvalue weighted by molar-refractivity contribution is 0.0122. The summed E-state index contributed by atoms with van der Waals surface area (Å²) in [6.45, 7) is 21.4. The Labute approximate surface area is 301 Å². The van der Waals surface area contributed by atoms with Crippen LogP contribution in [0, 0.1) is 17.3 Å². The fourth-order valence-corrected chi connectivity index (χ4v) is 14.8. The van der Waals surface area contributed by atoms with Crippen molar-refractivity contribution in [3.63, 3.8) is 0 Å². The molecule has 0 aliphatic carbocycles. The number of halogens is 3. The Hall–Kier alpha value is -2.75. The summed E-state index contributed by atoms with van der Waals surface area (Å²) in [5.41, 5.74) is 4.14. The molecule has 1 amide bonds. The highest BCUT2D eigenvalue weighted by Crippen LogP contribution is 2.43. The van der Waals surface area contributed by atoms with Gasteiger partial charge in [0.2, 0.25) is 0 Å². The van der Waals surface area contributed by atoms with Crippen molar-refractivity contribution in [2.75, 3.05) is 37.7 Å². The second kappa shape index (κ2) is 13.7. The Kier molecular flexibility index (Phi) is 10.1. The number of pyridine rings is 1. The van der Waals surface area contributed by atoms with Crippen LogP contribution in [-0.2, 0) is 4.74 Å². The maximum atomic E-state index is 16.1. The van der Waals surface area contributed by atoms with Crippen molar-refractivity contribution >= 4 is 42.5 Å². The van der Waals surface area contributed by atoms with Gasteiger partial charge in [0.15, 0.2) is 11.0 Å². The molecule has 13 heteroatoms. The van der Waals surface area contributed by atoms with E-state index in [1.165, 1.54) is 0 Å².